The number of carbonyl (C=O) groups excluding carboxylic acids is 1. The summed E-state index contributed by atoms with van der Waals surface area (Å²) in [6.07, 6.45) is 2.29. The van der Waals surface area contributed by atoms with Gasteiger partial charge in [-0.3, -0.25) is 4.79 Å². The standard InChI is InChI=1S/C15H17BrN2O3/c1-3-5-21-14-12(16)7-10(8-13(14)20-4-2)6-11(9-17)15(18)19/h6-8H,3-5H2,1-2H3,(H2,18,19)/b11-6+. The molecule has 0 aliphatic rings. The van der Waals surface area contributed by atoms with Crippen LogP contribution in [0.3, 0.4) is 0 Å². The van der Waals surface area contributed by atoms with Crippen LogP contribution in [-0.4, -0.2) is 19.1 Å². The van der Waals surface area contributed by atoms with Crippen molar-refractivity contribution >= 4 is 27.9 Å². The van der Waals surface area contributed by atoms with E-state index in [0.29, 0.717) is 34.7 Å². The van der Waals surface area contributed by atoms with Gasteiger partial charge in [-0.15, -0.1) is 0 Å². The van der Waals surface area contributed by atoms with Crippen LogP contribution in [0, 0.1) is 11.3 Å². The van der Waals surface area contributed by atoms with Crippen molar-refractivity contribution in [1.82, 2.24) is 0 Å². The van der Waals surface area contributed by atoms with Gasteiger partial charge in [-0.2, -0.15) is 5.26 Å². The number of halogens is 1. The van der Waals surface area contributed by atoms with Crippen LogP contribution in [-0.2, 0) is 4.79 Å². The highest BCUT2D eigenvalue weighted by Gasteiger charge is 2.12. The molecule has 21 heavy (non-hydrogen) atoms. The van der Waals surface area contributed by atoms with E-state index in [9.17, 15) is 4.79 Å². The second kappa shape index (κ2) is 8.32. The molecule has 0 bridgehead atoms. The van der Waals surface area contributed by atoms with Gasteiger partial charge in [0.1, 0.15) is 11.6 Å². The summed E-state index contributed by atoms with van der Waals surface area (Å²) in [5, 5.41) is 8.88. The lowest BCUT2D eigenvalue weighted by Crippen LogP contribution is -2.12. The Morgan fingerprint density at radius 1 is 1.43 bits per heavy atom. The fourth-order valence-electron chi connectivity index (χ4n) is 1.60. The molecule has 0 fully saturated rings. The number of nitrogens with two attached hydrogens (primary N) is 1. The summed E-state index contributed by atoms with van der Waals surface area (Å²) in [5.41, 5.74) is 5.64. The molecule has 0 aromatic heterocycles. The largest absolute Gasteiger partial charge is 0.490 e. The number of benzene rings is 1. The Morgan fingerprint density at radius 3 is 2.67 bits per heavy atom. The van der Waals surface area contributed by atoms with Crippen LogP contribution in [0.2, 0.25) is 0 Å². The quantitative estimate of drug-likeness (QED) is 0.603. The van der Waals surface area contributed by atoms with E-state index in [1.807, 2.05) is 13.8 Å². The van der Waals surface area contributed by atoms with E-state index in [4.69, 9.17) is 20.5 Å². The lowest BCUT2D eigenvalue weighted by atomic mass is 10.1. The topological polar surface area (TPSA) is 85.3 Å². The molecule has 0 heterocycles. The highest BCUT2D eigenvalue weighted by Crippen LogP contribution is 2.37. The number of hydrogen-bond donors (Lipinski definition) is 1. The zero-order valence-electron chi connectivity index (χ0n) is 12.0. The minimum atomic E-state index is -0.766. The van der Waals surface area contributed by atoms with E-state index in [1.54, 1.807) is 18.2 Å². The molecule has 0 radical (unpaired) electrons. The third-order valence-electron chi connectivity index (χ3n) is 2.48. The van der Waals surface area contributed by atoms with Crippen molar-refractivity contribution in [3.8, 4) is 17.6 Å². The number of primary amides is 1. The van der Waals surface area contributed by atoms with Crippen molar-refractivity contribution in [3.05, 3.63) is 27.7 Å². The minimum absolute atomic E-state index is 0.119. The summed E-state index contributed by atoms with van der Waals surface area (Å²) in [5.74, 6) is 0.389. The van der Waals surface area contributed by atoms with Crippen LogP contribution in [0.15, 0.2) is 22.2 Å². The summed E-state index contributed by atoms with van der Waals surface area (Å²) in [6.45, 7) is 4.92. The van der Waals surface area contributed by atoms with Crippen LogP contribution < -0.4 is 15.2 Å². The smallest absolute Gasteiger partial charge is 0.259 e. The zero-order valence-corrected chi connectivity index (χ0v) is 13.6. The predicted molar refractivity (Wildman–Crippen MR) is 83.9 cm³/mol. The third-order valence-corrected chi connectivity index (χ3v) is 3.07. The van der Waals surface area contributed by atoms with Gasteiger partial charge < -0.3 is 15.2 Å². The Balaban J connectivity index is 3.26. The molecule has 6 heteroatoms. The molecule has 1 aromatic carbocycles. The lowest BCUT2D eigenvalue weighted by molar-refractivity contribution is -0.114. The first-order valence-electron chi connectivity index (χ1n) is 6.54. The van der Waals surface area contributed by atoms with Crippen molar-refractivity contribution in [2.75, 3.05) is 13.2 Å². The van der Waals surface area contributed by atoms with Crippen molar-refractivity contribution in [2.45, 2.75) is 20.3 Å². The van der Waals surface area contributed by atoms with E-state index >= 15 is 0 Å². The molecular formula is C15H17BrN2O3. The van der Waals surface area contributed by atoms with E-state index in [0.717, 1.165) is 6.42 Å². The maximum absolute atomic E-state index is 11.1. The minimum Gasteiger partial charge on any atom is -0.490 e. The van der Waals surface area contributed by atoms with Crippen LogP contribution in [0.5, 0.6) is 11.5 Å². The SMILES string of the molecule is CCCOc1c(Br)cc(/C=C(\C#N)C(N)=O)cc1OCC. The molecule has 0 saturated carbocycles. The highest BCUT2D eigenvalue weighted by atomic mass is 79.9. The average Bonchev–Trinajstić information content (AvgIpc) is 2.44. The first kappa shape index (κ1) is 17.1. The van der Waals surface area contributed by atoms with Gasteiger partial charge in [-0.25, -0.2) is 0 Å². The molecule has 0 atom stereocenters. The van der Waals surface area contributed by atoms with E-state index in [1.165, 1.54) is 6.08 Å². The molecule has 112 valence electrons. The number of hydrogen-bond acceptors (Lipinski definition) is 4. The first-order chi connectivity index (χ1) is 10.0. The van der Waals surface area contributed by atoms with Crippen LogP contribution >= 0.6 is 15.9 Å². The van der Waals surface area contributed by atoms with Gasteiger partial charge in [-0.1, -0.05) is 6.92 Å². The predicted octanol–water partition coefficient (Wildman–Crippen LogP) is 3.03. The van der Waals surface area contributed by atoms with Crippen LogP contribution in [0.4, 0.5) is 0 Å². The summed E-state index contributed by atoms with van der Waals surface area (Å²) in [7, 11) is 0. The second-order valence-corrected chi connectivity index (χ2v) is 5.00. The van der Waals surface area contributed by atoms with E-state index < -0.39 is 5.91 Å². The van der Waals surface area contributed by atoms with Gasteiger partial charge >= 0.3 is 0 Å². The Hall–Kier alpha value is -2.00. The number of carbonyl (C=O) groups is 1. The highest BCUT2D eigenvalue weighted by molar-refractivity contribution is 9.10. The molecule has 0 aliphatic carbocycles. The molecular weight excluding hydrogens is 336 g/mol. The fraction of sp³-hybridized carbons (Fsp3) is 0.333. The summed E-state index contributed by atoms with van der Waals surface area (Å²) in [4.78, 5) is 11.1. The Morgan fingerprint density at radius 2 is 2.14 bits per heavy atom. The normalized spacial score (nSPS) is 10.9. The Kier molecular flexibility index (Phi) is 6.76. The van der Waals surface area contributed by atoms with Crippen molar-refractivity contribution in [1.29, 1.82) is 5.26 Å². The first-order valence-corrected chi connectivity index (χ1v) is 7.33. The maximum atomic E-state index is 11.1. The van der Waals surface area contributed by atoms with Crippen LogP contribution in [0.1, 0.15) is 25.8 Å². The van der Waals surface area contributed by atoms with Gasteiger partial charge in [0.05, 0.1) is 17.7 Å². The molecule has 0 spiro atoms. The van der Waals surface area contributed by atoms with Gasteiger partial charge in [0, 0.05) is 0 Å². The second-order valence-electron chi connectivity index (χ2n) is 4.15. The zero-order chi connectivity index (χ0) is 15.8. The third kappa shape index (κ3) is 4.80. The van der Waals surface area contributed by atoms with E-state index in [-0.39, 0.29) is 5.57 Å². The molecule has 1 amide bonds. The summed E-state index contributed by atoms with van der Waals surface area (Å²) in [6, 6.07) is 5.22. The summed E-state index contributed by atoms with van der Waals surface area (Å²) < 4.78 is 11.9. The number of ether oxygens (including phenoxy) is 2. The van der Waals surface area contributed by atoms with Gasteiger partial charge in [0.15, 0.2) is 11.5 Å². The number of nitriles is 1. The van der Waals surface area contributed by atoms with Crippen molar-refractivity contribution in [3.63, 3.8) is 0 Å². The Labute approximate surface area is 132 Å². The van der Waals surface area contributed by atoms with Crippen molar-refractivity contribution < 1.29 is 14.3 Å². The monoisotopic (exact) mass is 352 g/mol. The molecule has 1 aromatic rings. The molecule has 0 unspecified atom stereocenters. The van der Waals surface area contributed by atoms with Gasteiger partial charge in [0.2, 0.25) is 0 Å². The average molecular weight is 353 g/mol. The molecule has 0 saturated heterocycles. The van der Waals surface area contributed by atoms with Gasteiger partial charge in [0.25, 0.3) is 5.91 Å². The van der Waals surface area contributed by atoms with E-state index in [2.05, 4.69) is 15.9 Å². The molecule has 1 rings (SSSR count). The summed E-state index contributed by atoms with van der Waals surface area (Å²) >= 11 is 3.41. The van der Waals surface area contributed by atoms with Crippen LogP contribution in [0.25, 0.3) is 6.08 Å². The maximum Gasteiger partial charge on any atom is 0.259 e. The molecule has 0 aliphatic heterocycles. The molecule has 5 nitrogen and oxygen atoms in total. The number of nitrogens with zero attached hydrogens (tertiary/aromatic N) is 1. The molecule has 2 N–H and O–H groups in total. The lowest BCUT2D eigenvalue weighted by Gasteiger charge is -2.14. The Bertz CT molecular complexity index is 591. The fourth-order valence-corrected chi connectivity index (χ4v) is 2.18. The number of amides is 1. The van der Waals surface area contributed by atoms with Gasteiger partial charge in [-0.05, 0) is 53.0 Å². The van der Waals surface area contributed by atoms with Crippen molar-refractivity contribution in [2.24, 2.45) is 5.73 Å². The number of rotatable bonds is 7.